The van der Waals surface area contributed by atoms with Crippen LogP contribution in [0.1, 0.15) is 17.3 Å². The van der Waals surface area contributed by atoms with Gasteiger partial charge >= 0.3 is 0 Å². The number of carbonyl (C=O) groups is 2. The maximum Gasteiger partial charge on any atom is 0.270 e. The van der Waals surface area contributed by atoms with Crippen molar-refractivity contribution < 1.29 is 9.59 Å². The molecule has 2 amide bonds. The van der Waals surface area contributed by atoms with Crippen LogP contribution in [0.2, 0.25) is 5.15 Å². The predicted octanol–water partition coefficient (Wildman–Crippen LogP) is 1.67. The first-order valence-corrected chi connectivity index (χ1v) is 5.58. The molecule has 2 N–H and O–H groups in total. The van der Waals surface area contributed by atoms with E-state index in [4.69, 9.17) is 11.6 Å². The molecule has 0 aliphatic heterocycles. The molecular weight excluding hydrogens is 254 g/mol. The van der Waals surface area contributed by atoms with E-state index in [9.17, 15) is 9.59 Å². The normalized spacial score (nSPS) is 10.1. The van der Waals surface area contributed by atoms with Gasteiger partial charge in [0.25, 0.3) is 5.91 Å². The number of halogens is 1. The third kappa shape index (κ3) is 2.57. The topological polar surface area (TPSA) is 71.1 Å². The molecule has 1 heterocycles. The molecule has 18 heavy (non-hydrogen) atoms. The Bertz CT molecular complexity index is 628. The number of hydrogen-bond acceptors (Lipinski definition) is 3. The third-order valence-corrected chi connectivity index (χ3v) is 2.48. The summed E-state index contributed by atoms with van der Waals surface area (Å²) >= 11 is 5.85. The zero-order valence-electron chi connectivity index (χ0n) is 9.53. The van der Waals surface area contributed by atoms with E-state index in [1.807, 2.05) is 0 Å². The number of amides is 2. The second-order valence-corrected chi connectivity index (χ2v) is 4.03. The van der Waals surface area contributed by atoms with Crippen LogP contribution in [0.25, 0.3) is 10.9 Å². The Morgan fingerprint density at radius 2 is 1.94 bits per heavy atom. The van der Waals surface area contributed by atoms with Gasteiger partial charge in [0.05, 0.1) is 11.1 Å². The number of pyridine rings is 1. The van der Waals surface area contributed by atoms with Crippen LogP contribution in [0.5, 0.6) is 0 Å². The zero-order valence-corrected chi connectivity index (χ0v) is 10.3. The molecule has 0 aliphatic carbocycles. The number of hydrogen-bond donors (Lipinski definition) is 2. The molecule has 0 bridgehead atoms. The summed E-state index contributed by atoms with van der Waals surface area (Å²) in [6, 6.07) is 8.59. The maximum absolute atomic E-state index is 11.9. The summed E-state index contributed by atoms with van der Waals surface area (Å²) in [7, 11) is 0. The van der Waals surface area contributed by atoms with Gasteiger partial charge in [0.15, 0.2) is 0 Å². The van der Waals surface area contributed by atoms with Crippen LogP contribution in [0.15, 0.2) is 30.3 Å². The summed E-state index contributed by atoms with van der Waals surface area (Å²) in [5.74, 6) is -0.793. The van der Waals surface area contributed by atoms with Crippen LogP contribution in [0, 0.1) is 0 Å². The van der Waals surface area contributed by atoms with Crippen molar-refractivity contribution in [1.29, 1.82) is 0 Å². The molecule has 0 spiro atoms. The smallest absolute Gasteiger partial charge is 0.270 e. The molecule has 6 heteroatoms. The Morgan fingerprint density at radius 1 is 1.22 bits per heavy atom. The molecule has 0 fully saturated rings. The predicted molar refractivity (Wildman–Crippen MR) is 68.0 cm³/mol. The number of nitrogens with zero attached hydrogens (tertiary/aromatic N) is 1. The molecule has 0 unspecified atom stereocenters. The lowest BCUT2D eigenvalue weighted by atomic mass is 10.1. The first kappa shape index (κ1) is 12.3. The van der Waals surface area contributed by atoms with Crippen molar-refractivity contribution in [3.8, 4) is 0 Å². The minimum absolute atomic E-state index is 0.224. The lowest BCUT2D eigenvalue weighted by Gasteiger charge is -2.08. The Hall–Kier alpha value is -2.14. The van der Waals surface area contributed by atoms with E-state index in [-0.39, 0.29) is 11.1 Å². The highest BCUT2D eigenvalue weighted by Gasteiger charge is 2.12. The molecule has 2 rings (SSSR count). The third-order valence-electron chi connectivity index (χ3n) is 2.28. The summed E-state index contributed by atoms with van der Waals surface area (Å²) in [6.07, 6.45) is 0. The van der Waals surface area contributed by atoms with Gasteiger partial charge in [-0.3, -0.25) is 20.4 Å². The van der Waals surface area contributed by atoms with Gasteiger partial charge in [-0.1, -0.05) is 29.8 Å². The molecule has 0 aliphatic rings. The summed E-state index contributed by atoms with van der Waals surface area (Å²) in [5.41, 5.74) is 5.50. The molecule has 92 valence electrons. The molecule has 0 atom stereocenters. The number of rotatable bonds is 1. The van der Waals surface area contributed by atoms with Crippen LogP contribution in [0.3, 0.4) is 0 Å². The molecule has 1 aromatic carbocycles. The fourth-order valence-electron chi connectivity index (χ4n) is 1.54. The highest BCUT2D eigenvalue weighted by molar-refractivity contribution is 6.30. The second-order valence-electron chi connectivity index (χ2n) is 3.64. The van der Waals surface area contributed by atoms with E-state index in [2.05, 4.69) is 15.8 Å². The quantitative estimate of drug-likeness (QED) is 0.607. The van der Waals surface area contributed by atoms with E-state index in [1.165, 1.54) is 13.0 Å². The van der Waals surface area contributed by atoms with Crippen LogP contribution in [-0.2, 0) is 4.79 Å². The largest absolute Gasteiger partial charge is 0.274 e. The summed E-state index contributed by atoms with van der Waals surface area (Å²) in [4.78, 5) is 26.8. The standard InChI is InChI=1S/C12H10ClN3O2/c1-7(17)15-16-12(18)9-6-11(13)14-10-5-3-2-4-8(9)10/h2-6H,1H3,(H,15,17)(H,16,18). The van der Waals surface area contributed by atoms with Gasteiger partial charge in [-0.15, -0.1) is 0 Å². The molecule has 5 nitrogen and oxygen atoms in total. The molecule has 0 radical (unpaired) electrons. The number of benzene rings is 1. The van der Waals surface area contributed by atoms with Crippen LogP contribution < -0.4 is 10.9 Å². The maximum atomic E-state index is 11.9. The van der Waals surface area contributed by atoms with Crippen LogP contribution in [-0.4, -0.2) is 16.8 Å². The van der Waals surface area contributed by atoms with Gasteiger partial charge in [0, 0.05) is 12.3 Å². The lowest BCUT2D eigenvalue weighted by molar-refractivity contribution is -0.119. The molecule has 0 saturated heterocycles. The van der Waals surface area contributed by atoms with Gasteiger partial charge in [0.2, 0.25) is 5.91 Å². The average Bonchev–Trinajstić information content (AvgIpc) is 2.34. The summed E-state index contributed by atoms with van der Waals surface area (Å²) < 4.78 is 0. The first-order chi connectivity index (χ1) is 8.58. The SMILES string of the molecule is CC(=O)NNC(=O)c1cc(Cl)nc2ccccc12. The Morgan fingerprint density at radius 3 is 2.67 bits per heavy atom. The van der Waals surface area contributed by atoms with Crippen LogP contribution >= 0.6 is 11.6 Å². The number of nitrogens with one attached hydrogen (secondary N) is 2. The van der Waals surface area contributed by atoms with Gasteiger partial charge < -0.3 is 0 Å². The van der Waals surface area contributed by atoms with Crippen molar-refractivity contribution in [2.75, 3.05) is 0 Å². The summed E-state index contributed by atoms with van der Waals surface area (Å²) in [5, 5.41) is 0.895. The van der Waals surface area contributed by atoms with E-state index in [0.29, 0.717) is 16.5 Å². The van der Waals surface area contributed by atoms with Crippen molar-refractivity contribution in [1.82, 2.24) is 15.8 Å². The lowest BCUT2D eigenvalue weighted by Crippen LogP contribution is -2.40. The Kier molecular flexibility index (Phi) is 3.43. The van der Waals surface area contributed by atoms with Crippen molar-refractivity contribution in [2.24, 2.45) is 0 Å². The number of carbonyl (C=O) groups excluding carboxylic acids is 2. The highest BCUT2D eigenvalue weighted by Crippen LogP contribution is 2.20. The number of aromatic nitrogens is 1. The van der Waals surface area contributed by atoms with E-state index in [1.54, 1.807) is 24.3 Å². The molecule has 1 aromatic heterocycles. The number of fused-ring (bicyclic) bond motifs is 1. The van der Waals surface area contributed by atoms with Crippen molar-refractivity contribution in [3.05, 3.63) is 41.0 Å². The fraction of sp³-hybridized carbons (Fsp3) is 0.0833. The van der Waals surface area contributed by atoms with Crippen molar-refractivity contribution in [2.45, 2.75) is 6.92 Å². The Balaban J connectivity index is 2.43. The van der Waals surface area contributed by atoms with Gasteiger partial charge in [0.1, 0.15) is 5.15 Å². The van der Waals surface area contributed by atoms with Crippen molar-refractivity contribution >= 4 is 34.3 Å². The minimum Gasteiger partial charge on any atom is -0.274 e. The number of para-hydroxylation sites is 1. The minimum atomic E-state index is -0.439. The molecule has 2 aromatic rings. The Labute approximate surface area is 108 Å². The molecular formula is C12H10ClN3O2. The van der Waals surface area contributed by atoms with E-state index < -0.39 is 5.91 Å². The van der Waals surface area contributed by atoms with Gasteiger partial charge in [-0.2, -0.15) is 0 Å². The van der Waals surface area contributed by atoms with Gasteiger partial charge in [-0.05, 0) is 12.1 Å². The monoisotopic (exact) mass is 263 g/mol. The van der Waals surface area contributed by atoms with E-state index >= 15 is 0 Å². The number of hydrazine groups is 1. The first-order valence-electron chi connectivity index (χ1n) is 5.20. The van der Waals surface area contributed by atoms with E-state index in [0.717, 1.165) is 0 Å². The summed E-state index contributed by atoms with van der Waals surface area (Å²) in [6.45, 7) is 1.30. The van der Waals surface area contributed by atoms with Gasteiger partial charge in [-0.25, -0.2) is 4.98 Å². The average molecular weight is 264 g/mol. The van der Waals surface area contributed by atoms with Crippen molar-refractivity contribution in [3.63, 3.8) is 0 Å². The second kappa shape index (κ2) is 5.01. The zero-order chi connectivity index (χ0) is 13.1. The molecule has 0 saturated carbocycles. The fourth-order valence-corrected chi connectivity index (χ4v) is 1.74. The highest BCUT2D eigenvalue weighted by atomic mass is 35.5. The van der Waals surface area contributed by atoms with Crippen LogP contribution in [0.4, 0.5) is 0 Å².